The zero-order chi connectivity index (χ0) is 7.23. The van der Waals surface area contributed by atoms with E-state index >= 15 is 0 Å². The highest BCUT2D eigenvalue weighted by Gasteiger charge is 1.91. The third-order valence-corrected chi connectivity index (χ3v) is 3.23. The molecule has 0 fully saturated rings. The van der Waals surface area contributed by atoms with E-state index in [9.17, 15) is 0 Å². The van der Waals surface area contributed by atoms with Gasteiger partial charge in [-0.15, -0.1) is 17.1 Å². The second kappa shape index (κ2) is 4.33. The molecule has 50 valence electrons. The van der Waals surface area contributed by atoms with Crippen LogP contribution in [0.1, 0.15) is 0 Å². The summed E-state index contributed by atoms with van der Waals surface area (Å²) in [6, 6.07) is 10.7. The maximum absolute atomic E-state index is 3.71. The molecule has 0 saturated heterocycles. The van der Waals surface area contributed by atoms with Gasteiger partial charge in [0.05, 0.1) is 0 Å². The molecule has 0 aliphatic heterocycles. The minimum absolute atomic E-state index is 0.0295. The predicted octanol–water partition coefficient (Wildman–Crippen LogP) is 1.35. The van der Waals surface area contributed by atoms with Crippen LogP contribution >= 0.6 is 0 Å². The molecular formula is C9H11Al. The summed E-state index contributed by atoms with van der Waals surface area (Å²) in [6.07, 6.45) is 2.01. The zero-order valence-electron chi connectivity index (χ0n) is 6.09. The van der Waals surface area contributed by atoms with Crippen LogP contribution in [0, 0.1) is 0 Å². The van der Waals surface area contributed by atoms with Crippen molar-refractivity contribution in [2.75, 3.05) is 0 Å². The summed E-state index contributed by atoms with van der Waals surface area (Å²) >= 11 is -0.0295. The third kappa shape index (κ3) is 2.39. The Bertz CT molecular complexity index is 191. The van der Waals surface area contributed by atoms with Gasteiger partial charge in [0.2, 0.25) is 0 Å². The molecule has 0 unspecified atom stereocenters. The lowest BCUT2D eigenvalue weighted by Gasteiger charge is -1.91. The lowest BCUT2D eigenvalue weighted by Crippen LogP contribution is -2.11. The summed E-state index contributed by atoms with van der Waals surface area (Å²) in [5, 5.41) is 1.21. The van der Waals surface area contributed by atoms with Gasteiger partial charge in [-0.2, -0.15) is 0 Å². The first-order chi connectivity index (χ1) is 4.93. The molecule has 1 rings (SSSR count). The van der Waals surface area contributed by atoms with Crippen molar-refractivity contribution in [2.24, 2.45) is 0 Å². The van der Waals surface area contributed by atoms with Gasteiger partial charge in [-0.05, 0) is 0 Å². The van der Waals surface area contributed by atoms with Crippen LogP contribution in [0.2, 0.25) is 5.28 Å². The van der Waals surface area contributed by atoms with Gasteiger partial charge in [-0.1, -0.05) is 35.6 Å². The molecule has 0 N–H and O–H groups in total. The maximum atomic E-state index is 3.71. The highest BCUT2D eigenvalue weighted by molar-refractivity contribution is 6.53. The molecule has 0 radical (unpaired) electrons. The largest absolute Gasteiger partial charge is 0.286 e. The van der Waals surface area contributed by atoms with Gasteiger partial charge in [0, 0.05) is 0 Å². The summed E-state index contributed by atoms with van der Waals surface area (Å²) in [4.78, 5) is 0. The summed E-state index contributed by atoms with van der Waals surface area (Å²) in [5.41, 5.74) is 0. The quantitative estimate of drug-likeness (QED) is 0.446. The highest BCUT2D eigenvalue weighted by atomic mass is 27.1. The van der Waals surface area contributed by atoms with Crippen LogP contribution in [0.3, 0.4) is 0 Å². The van der Waals surface area contributed by atoms with E-state index < -0.39 is 0 Å². The molecule has 0 amide bonds. The first kappa shape index (κ1) is 7.60. The Morgan fingerprint density at radius 3 is 2.60 bits per heavy atom. The van der Waals surface area contributed by atoms with Crippen LogP contribution in [-0.4, -0.2) is 15.2 Å². The van der Waals surface area contributed by atoms with Crippen molar-refractivity contribution in [3.63, 3.8) is 0 Å². The third-order valence-electron chi connectivity index (χ3n) is 1.48. The summed E-state index contributed by atoms with van der Waals surface area (Å²) in [5.74, 6) is 0. The average molecular weight is 146 g/mol. The van der Waals surface area contributed by atoms with E-state index in [0.29, 0.717) is 0 Å². The second-order valence-electron chi connectivity index (χ2n) is 2.31. The first-order valence-corrected chi connectivity index (χ1v) is 5.29. The molecule has 0 spiro atoms. The van der Waals surface area contributed by atoms with Crippen LogP contribution in [0.15, 0.2) is 43.0 Å². The van der Waals surface area contributed by atoms with E-state index in [1.54, 1.807) is 0 Å². The van der Waals surface area contributed by atoms with Crippen LogP contribution in [0.5, 0.6) is 0 Å². The number of hydrogen-bond acceptors (Lipinski definition) is 0. The molecule has 0 aromatic heterocycles. The molecule has 0 bridgehead atoms. The van der Waals surface area contributed by atoms with Crippen LogP contribution in [0.25, 0.3) is 0 Å². The minimum atomic E-state index is -0.0295. The predicted molar refractivity (Wildman–Crippen MR) is 48.2 cm³/mol. The summed E-state index contributed by atoms with van der Waals surface area (Å²) in [7, 11) is 0. The number of allylic oxidation sites excluding steroid dienone is 1. The molecule has 1 heteroatoms. The normalized spacial score (nSPS) is 8.80. The topological polar surface area (TPSA) is 0 Å². The second-order valence-corrected chi connectivity index (χ2v) is 4.21. The van der Waals surface area contributed by atoms with Crippen LogP contribution < -0.4 is 4.43 Å². The minimum Gasteiger partial charge on any atom is -0.115 e. The van der Waals surface area contributed by atoms with E-state index in [1.807, 2.05) is 6.08 Å². The molecule has 0 aliphatic rings. The molecule has 1 aromatic rings. The van der Waals surface area contributed by atoms with Crippen molar-refractivity contribution in [3.8, 4) is 0 Å². The molecular weight excluding hydrogens is 135 g/mol. The lowest BCUT2D eigenvalue weighted by atomic mass is 10.4. The monoisotopic (exact) mass is 146 g/mol. The molecule has 0 atom stereocenters. The van der Waals surface area contributed by atoms with Gasteiger partial charge in [0.1, 0.15) is 0 Å². The number of benzene rings is 1. The summed E-state index contributed by atoms with van der Waals surface area (Å²) in [6.45, 7) is 3.71. The van der Waals surface area contributed by atoms with Crippen LogP contribution in [0.4, 0.5) is 0 Å². The number of hydrogen-bond donors (Lipinski definition) is 0. The van der Waals surface area contributed by atoms with Gasteiger partial charge < -0.3 is 0 Å². The van der Waals surface area contributed by atoms with Gasteiger partial charge in [-0.3, -0.25) is 0 Å². The van der Waals surface area contributed by atoms with Crippen molar-refractivity contribution >= 4 is 19.6 Å². The van der Waals surface area contributed by atoms with Crippen molar-refractivity contribution < 1.29 is 0 Å². The average Bonchev–Trinajstić information content (AvgIpc) is 2.03. The Morgan fingerprint density at radius 1 is 1.30 bits per heavy atom. The summed E-state index contributed by atoms with van der Waals surface area (Å²) < 4.78 is 1.53. The van der Waals surface area contributed by atoms with Crippen molar-refractivity contribution in [1.29, 1.82) is 0 Å². The highest BCUT2D eigenvalue weighted by Crippen LogP contribution is 1.84. The fraction of sp³-hybridized carbons (Fsp3) is 0.111. The zero-order valence-corrected chi connectivity index (χ0v) is 7.50. The molecule has 0 heterocycles. The maximum Gasteiger partial charge on any atom is 0.286 e. The number of rotatable bonds is 3. The molecule has 1 aromatic carbocycles. The van der Waals surface area contributed by atoms with E-state index in [0.717, 1.165) is 0 Å². The smallest absolute Gasteiger partial charge is 0.115 e. The molecule has 10 heavy (non-hydrogen) atoms. The van der Waals surface area contributed by atoms with Crippen LogP contribution in [-0.2, 0) is 0 Å². The Labute approximate surface area is 68.3 Å². The Balaban J connectivity index is 2.50. The fourth-order valence-electron chi connectivity index (χ4n) is 0.913. The standard InChI is InChI=1S/C6H5.C3H5.Al.H/c1-2-4-6-5-3-1;1-3-2;;/h1-5H;3H,1-2H2;;. The molecule has 0 nitrogen and oxygen atoms in total. The van der Waals surface area contributed by atoms with Crippen molar-refractivity contribution in [2.45, 2.75) is 5.28 Å². The SMILES string of the molecule is C=C[CH2][AlH][c]1ccccc1. The van der Waals surface area contributed by atoms with E-state index in [-0.39, 0.29) is 15.2 Å². The Morgan fingerprint density at radius 2 is 2.00 bits per heavy atom. The lowest BCUT2D eigenvalue weighted by molar-refractivity contribution is 1.69. The Hall–Kier alpha value is -0.508. The first-order valence-electron chi connectivity index (χ1n) is 3.58. The van der Waals surface area contributed by atoms with Gasteiger partial charge in [-0.25, -0.2) is 0 Å². The van der Waals surface area contributed by atoms with E-state index in [1.165, 1.54) is 9.71 Å². The fourth-order valence-corrected chi connectivity index (χ4v) is 2.06. The Kier molecular flexibility index (Phi) is 3.29. The van der Waals surface area contributed by atoms with E-state index in [4.69, 9.17) is 0 Å². The molecule has 0 aliphatic carbocycles. The van der Waals surface area contributed by atoms with Gasteiger partial charge >= 0.3 is 0 Å². The molecule has 0 saturated carbocycles. The van der Waals surface area contributed by atoms with Crippen molar-refractivity contribution in [3.05, 3.63) is 43.0 Å². The van der Waals surface area contributed by atoms with Gasteiger partial charge in [0.15, 0.2) is 0 Å². The van der Waals surface area contributed by atoms with E-state index in [2.05, 4.69) is 36.9 Å². The van der Waals surface area contributed by atoms with Crippen molar-refractivity contribution in [1.82, 2.24) is 0 Å². The van der Waals surface area contributed by atoms with Gasteiger partial charge in [0.25, 0.3) is 15.2 Å².